The van der Waals surface area contributed by atoms with Crippen LogP contribution in [0.3, 0.4) is 0 Å². The van der Waals surface area contributed by atoms with Crippen LogP contribution in [-0.2, 0) is 9.53 Å². The zero-order valence-corrected chi connectivity index (χ0v) is 14.1. The highest BCUT2D eigenvalue weighted by Gasteiger charge is 2.43. The molecule has 1 fully saturated rings. The molecule has 0 radical (unpaired) electrons. The fraction of sp³-hybridized carbons (Fsp3) is 0.571. The fourth-order valence-electron chi connectivity index (χ4n) is 2.64. The van der Waals surface area contributed by atoms with E-state index < -0.39 is 24.5 Å². The molecular weight excluding hydrogens is 334 g/mol. The lowest BCUT2D eigenvalue weighted by Gasteiger charge is -2.16. The highest BCUT2D eigenvalue weighted by atomic mass is 32.2. The number of nitrogens with one attached hydrogen (secondary N) is 1. The van der Waals surface area contributed by atoms with Gasteiger partial charge in [-0.25, -0.2) is 15.0 Å². The number of anilines is 1. The van der Waals surface area contributed by atoms with Crippen molar-refractivity contribution in [2.75, 3.05) is 23.9 Å². The average molecular weight is 353 g/mol. The molecule has 3 heterocycles. The number of ether oxygens (including phenoxy) is 1. The van der Waals surface area contributed by atoms with Crippen molar-refractivity contribution in [3.8, 4) is 0 Å². The third-order valence-corrected chi connectivity index (χ3v) is 4.47. The molecule has 0 saturated carbocycles. The van der Waals surface area contributed by atoms with E-state index in [-0.39, 0.29) is 12.3 Å². The van der Waals surface area contributed by atoms with Gasteiger partial charge in [-0.05, 0) is 13.2 Å². The number of hydrogen-bond donors (Lipinski definition) is 3. The number of aliphatic hydroxyl groups is 2. The topological polar surface area (TPSA) is 122 Å². The molecule has 1 aliphatic heterocycles. The maximum atomic E-state index is 11.1. The van der Waals surface area contributed by atoms with Crippen molar-refractivity contribution >= 4 is 34.5 Å². The average Bonchev–Trinajstić information content (AvgIpc) is 3.10. The second-order valence-corrected chi connectivity index (χ2v) is 6.51. The standard InChI is InChI=1S/C14H19N5O4S/c1-7(20)3-15-12-9-13(17-5-16-12)19(6-18-9)14-11(22)10(21)8(23-14)4-24-2/h5-6,8,10-11,14,21-22H,3-4H2,1-2H3,(H,15,16,17). The van der Waals surface area contributed by atoms with Crippen molar-refractivity contribution in [3.63, 3.8) is 0 Å². The van der Waals surface area contributed by atoms with E-state index in [1.54, 1.807) is 4.57 Å². The van der Waals surface area contributed by atoms with Crippen molar-refractivity contribution in [2.45, 2.75) is 31.5 Å². The van der Waals surface area contributed by atoms with Gasteiger partial charge in [-0.3, -0.25) is 9.36 Å². The van der Waals surface area contributed by atoms with Crippen molar-refractivity contribution in [1.82, 2.24) is 19.5 Å². The molecule has 9 nitrogen and oxygen atoms in total. The van der Waals surface area contributed by atoms with Crippen LogP contribution >= 0.6 is 11.8 Å². The van der Waals surface area contributed by atoms with Crippen LogP contribution < -0.4 is 5.32 Å². The van der Waals surface area contributed by atoms with E-state index in [1.165, 1.54) is 31.3 Å². The molecule has 0 aromatic carbocycles. The number of fused-ring (bicyclic) bond motifs is 1. The summed E-state index contributed by atoms with van der Waals surface area (Å²) in [4.78, 5) is 23.7. The molecule has 1 saturated heterocycles. The van der Waals surface area contributed by atoms with Crippen LogP contribution in [0.25, 0.3) is 11.2 Å². The molecule has 3 rings (SSSR count). The highest BCUT2D eigenvalue weighted by Crippen LogP contribution is 2.33. The minimum Gasteiger partial charge on any atom is -0.387 e. The van der Waals surface area contributed by atoms with Gasteiger partial charge < -0.3 is 20.3 Å². The van der Waals surface area contributed by atoms with Crippen LogP contribution in [0.1, 0.15) is 13.2 Å². The summed E-state index contributed by atoms with van der Waals surface area (Å²) >= 11 is 1.53. The Balaban J connectivity index is 1.91. The maximum absolute atomic E-state index is 11.1. The Morgan fingerprint density at radius 1 is 1.38 bits per heavy atom. The van der Waals surface area contributed by atoms with Crippen LogP contribution in [0.5, 0.6) is 0 Å². The lowest BCUT2D eigenvalue weighted by Crippen LogP contribution is -2.32. The molecule has 4 atom stereocenters. The third-order valence-electron chi connectivity index (χ3n) is 3.81. The molecule has 0 bridgehead atoms. The first-order valence-corrected chi connectivity index (χ1v) is 8.83. The number of nitrogens with zero attached hydrogens (tertiary/aromatic N) is 4. The lowest BCUT2D eigenvalue weighted by atomic mass is 10.1. The summed E-state index contributed by atoms with van der Waals surface area (Å²) < 4.78 is 7.36. The molecule has 3 N–H and O–H groups in total. The van der Waals surface area contributed by atoms with Crippen molar-refractivity contribution in [2.24, 2.45) is 0 Å². The van der Waals surface area contributed by atoms with Gasteiger partial charge in [0, 0.05) is 5.75 Å². The SMILES string of the molecule is CSCC1OC(n2cnc3c(NCC(C)=O)ncnc32)C(O)C1O. The van der Waals surface area contributed by atoms with Gasteiger partial charge in [-0.2, -0.15) is 11.8 Å². The van der Waals surface area contributed by atoms with Gasteiger partial charge >= 0.3 is 0 Å². The summed E-state index contributed by atoms with van der Waals surface area (Å²) in [5.74, 6) is 0.975. The van der Waals surface area contributed by atoms with Crippen molar-refractivity contribution in [3.05, 3.63) is 12.7 Å². The van der Waals surface area contributed by atoms with Gasteiger partial charge in [0.1, 0.15) is 24.3 Å². The molecule has 2 aromatic rings. The first-order valence-electron chi connectivity index (χ1n) is 7.44. The summed E-state index contributed by atoms with van der Waals surface area (Å²) in [6, 6.07) is 0. The number of carbonyl (C=O) groups excluding carboxylic acids is 1. The highest BCUT2D eigenvalue weighted by molar-refractivity contribution is 7.98. The van der Waals surface area contributed by atoms with Gasteiger partial charge in [0.25, 0.3) is 0 Å². The Hall–Kier alpha value is -1.75. The third kappa shape index (κ3) is 3.09. The summed E-state index contributed by atoms with van der Waals surface area (Å²) in [5, 5.41) is 23.3. The van der Waals surface area contributed by atoms with Crippen molar-refractivity contribution in [1.29, 1.82) is 0 Å². The Morgan fingerprint density at radius 2 is 2.17 bits per heavy atom. The smallest absolute Gasteiger partial charge is 0.167 e. The van der Waals surface area contributed by atoms with Crippen LogP contribution in [0, 0.1) is 0 Å². The van der Waals surface area contributed by atoms with E-state index in [0.717, 1.165) is 0 Å². The molecule has 4 unspecified atom stereocenters. The second-order valence-electron chi connectivity index (χ2n) is 5.60. The fourth-order valence-corrected chi connectivity index (χ4v) is 3.24. The van der Waals surface area contributed by atoms with Crippen LogP contribution in [0.15, 0.2) is 12.7 Å². The number of ketones is 1. The normalized spacial score (nSPS) is 26.8. The zero-order valence-electron chi connectivity index (χ0n) is 13.3. The van der Waals surface area contributed by atoms with Crippen LogP contribution in [-0.4, -0.2) is 72.4 Å². The molecule has 10 heteroatoms. The molecule has 0 aliphatic carbocycles. The van der Waals surface area contributed by atoms with Crippen LogP contribution in [0.4, 0.5) is 5.82 Å². The molecule has 130 valence electrons. The molecule has 0 spiro atoms. The van der Waals surface area contributed by atoms with Gasteiger partial charge in [0.2, 0.25) is 0 Å². The minimum absolute atomic E-state index is 0.0289. The lowest BCUT2D eigenvalue weighted by molar-refractivity contribution is -0.115. The van der Waals surface area contributed by atoms with Gasteiger partial charge in [0.15, 0.2) is 23.2 Å². The number of imidazole rings is 1. The van der Waals surface area contributed by atoms with E-state index >= 15 is 0 Å². The summed E-state index contributed by atoms with van der Waals surface area (Å²) in [7, 11) is 0. The molecule has 24 heavy (non-hydrogen) atoms. The maximum Gasteiger partial charge on any atom is 0.167 e. The number of hydrogen-bond acceptors (Lipinski definition) is 9. The second kappa shape index (κ2) is 7.01. The number of thioether (sulfide) groups is 1. The molecule has 0 amide bonds. The largest absolute Gasteiger partial charge is 0.387 e. The van der Waals surface area contributed by atoms with Gasteiger partial charge in [0.05, 0.1) is 19.0 Å². The van der Waals surface area contributed by atoms with E-state index in [0.29, 0.717) is 22.7 Å². The quantitative estimate of drug-likeness (QED) is 0.648. The molecule has 1 aliphatic rings. The number of aromatic nitrogens is 4. The first-order chi connectivity index (χ1) is 11.5. The number of Topliss-reactive ketones (excluding diaryl/α,β-unsaturated/α-hetero) is 1. The summed E-state index contributed by atoms with van der Waals surface area (Å²) in [5.41, 5.74) is 0.925. The van der Waals surface area contributed by atoms with E-state index in [4.69, 9.17) is 4.74 Å². The van der Waals surface area contributed by atoms with E-state index in [1.807, 2.05) is 6.26 Å². The predicted octanol–water partition coefficient (Wildman–Crippen LogP) is -0.191. The monoisotopic (exact) mass is 353 g/mol. The number of carbonyl (C=O) groups is 1. The predicted molar refractivity (Wildman–Crippen MR) is 88.8 cm³/mol. The number of rotatable bonds is 6. The minimum atomic E-state index is -1.08. The molecule has 2 aromatic heterocycles. The van der Waals surface area contributed by atoms with E-state index in [9.17, 15) is 15.0 Å². The summed E-state index contributed by atoms with van der Waals surface area (Å²) in [6.07, 6.45) is 1.44. The summed E-state index contributed by atoms with van der Waals surface area (Å²) in [6.45, 7) is 1.61. The van der Waals surface area contributed by atoms with Crippen LogP contribution in [0.2, 0.25) is 0 Å². The first kappa shape index (κ1) is 17.1. The van der Waals surface area contributed by atoms with Crippen molar-refractivity contribution < 1.29 is 19.7 Å². The van der Waals surface area contributed by atoms with Gasteiger partial charge in [-0.15, -0.1) is 0 Å². The zero-order chi connectivity index (χ0) is 17.3. The Labute approximate surface area is 142 Å². The molecular formula is C14H19N5O4S. The van der Waals surface area contributed by atoms with E-state index in [2.05, 4.69) is 20.3 Å². The number of aliphatic hydroxyl groups excluding tert-OH is 2. The Kier molecular flexibility index (Phi) is 4.99. The Bertz CT molecular complexity index is 739. The van der Waals surface area contributed by atoms with Gasteiger partial charge in [-0.1, -0.05) is 0 Å². The Morgan fingerprint density at radius 3 is 2.88 bits per heavy atom.